The van der Waals surface area contributed by atoms with Crippen LogP contribution < -0.4 is 5.32 Å². The topological polar surface area (TPSA) is 69.6 Å². The van der Waals surface area contributed by atoms with E-state index in [-0.39, 0.29) is 19.0 Å². The summed E-state index contributed by atoms with van der Waals surface area (Å²) in [6, 6.07) is 7.47. The first-order valence-electron chi connectivity index (χ1n) is 5.82. The molecular weight excluding hydrogens is 232 g/mol. The van der Waals surface area contributed by atoms with E-state index in [2.05, 4.69) is 5.32 Å². The molecule has 2 N–H and O–H groups in total. The van der Waals surface area contributed by atoms with Gasteiger partial charge in [-0.15, -0.1) is 0 Å². The number of hydrogen-bond acceptors (Lipinski definition) is 3. The van der Waals surface area contributed by atoms with Crippen molar-refractivity contribution in [3.05, 3.63) is 29.8 Å². The number of rotatable bonds is 6. The fraction of sp³-hybridized carbons (Fsp3) is 0.385. The highest BCUT2D eigenvalue weighted by molar-refractivity contribution is 5.92. The van der Waals surface area contributed by atoms with Crippen molar-refractivity contribution in [2.24, 2.45) is 0 Å². The number of hydrogen-bond donors (Lipinski definition) is 2. The number of amides is 1. The summed E-state index contributed by atoms with van der Waals surface area (Å²) >= 11 is 0. The number of carbonyl (C=O) groups is 2. The van der Waals surface area contributed by atoms with Gasteiger partial charge in [0.05, 0.1) is 13.1 Å². The predicted octanol–water partition coefficient (Wildman–Crippen LogP) is 1.34. The molecule has 0 heterocycles. The Morgan fingerprint density at radius 2 is 2.06 bits per heavy atom. The number of nitrogens with one attached hydrogen (secondary N) is 1. The van der Waals surface area contributed by atoms with Gasteiger partial charge in [-0.2, -0.15) is 0 Å². The second kappa shape index (κ2) is 6.76. The minimum absolute atomic E-state index is 0.0801. The van der Waals surface area contributed by atoms with E-state index in [1.165, 1.54) is 0 Å². The first-order chi connectivity index (χ1) is 8.51. The minimum Gasteiger partial charge on any atom is -0.480 e. The van der Waals surface area contributed by atoms with E-state index in [1.54, 1.807) is 11.0 Å². The van der Waals surface area contributed by atoms with Gasteiger partial charge in [0.25, 0.3) is 0 Å². The number of benzene rings is 1. The first kappa shape index (κ1) is 14.2. The molecule has 98 valence electrons. The van der Waals surface area contributed by atoms with E-state index in [1.807, 2.05) is 32.0 Å². The Kier molecular flexibility index (Phi) is 5.32. The van der Waals surface area contributed by atoms with Gasteiger partial charge in [-0.25, -0.2) is 0 Å². The SMILES string of the molecule is CCN(CC(=O)O)CC(=O)Nc1cccc(C)c1. The summed E-state index contributed by atoms with van der Waals surface area (Å²) in [5.41, 5.74) is 1.79. The van der Waals surface area contributed by atoms with Crippen LogP contribution in [0.2, 0.25) is 0 Å². The summed E-state index contributed by atoms with van der Waals surface area (Å²) in [6.07, 6.45) is 0. The molecule has 5 heteroatoms. The van der Waals surface area contributed by atoms with E-state index in [4.69, 9.17) is 5.11 Å². The molecule has 0 bridgehead atoms. The second-order valence-corrected chi connectivity index (χ2v) is 4.11. The van der Waals surface area contributed by atoms with E-state index in [0.29, 0.717) is 6.54 Å². The highest BCUT2D eigenvalue weighted by Gasteiger charge is 2.12. The molecule has 0 spiro atoms. The molecule has 1 amide bonds. The van der Waals surface area contributed by atoms with Gasteiger partial charge < -0.3 is 10.4 Å². The predicted molar refractivity (Wildman–Crippen MR) is 69.6 cm³/mol. The summed E-state index contributed by atoms with van der Waals surface area (Å²) in [5, 5.41) is 11.4. The molecule has 1 aromatic carbocycles. The summed E-state index contributed by atoms with van der Waals surface area (Å²) in [7, 11) is 0. The standard InChI is InChI=1S/C13H18N2O3/c1-3-15(9-13(17)18)8-12(16)14-11-6-4-5-10(2)7-11/h4-7H,3,8-9H2,1-2H3,(H,14,16)(H,17,18). The average Bonchev–Trinajstić information content (AvgIpc) is 2.27. The van der Waals surface area contributed by atoms with Crippen LogP contribution in [-0.2, 0) is 9.59 Å². The largest absolute Gasteiger partial charge is 0.480 e. The van der Waals surface area contributed by atoms with Crippen molar-refractivity contribution in [3.8, 4) is 0 Å². The molecule has 0 atom stereocenters. The quantitative estimate of drug-likeness (QED) is 0.799. The summed E-state index contributed by atoms with van der Waals surface area (Å²) in [5.74, 6) is -1.14. The molecular formula is C13H18N2O3. The zero-order valence-electron chi connectivity index (χ0n) is 10.6. The van der Waals surface area contributed by atoms with Crippen molar-refractivity contribution in [3.63, 3.8) is 0 Å². The lowest BCUT2D eigenvalue weighted by atomic mass is 10.2. The van der Waals surface area contributed by atoms with E-state index in [9.17, 15) is 9.59 Å². The van der Waals surface area contributed by atoms with Crippen LogP contribution in [0.3, 0.4) is 0 Å². The third kappa shape index (κ3) is 4.97. The normalized spacial score (nSPS) is 10.4. The van der Waals surface area contributed by atoms with Gasteiger partial charge in [0.1, 0.15) is 0 Å². The number of carboxylic acids is 1. The fourth-order valence-corrected chi connectivity index (χ4v) is 1.60. The van der Waals surface area contributed by atoms with Gasteiger partial charge in [0.15, 0.2) is 0 Å². The maximum atomic E-state index is 11.7. The van der Waals surface area contributed by atoms with Crippen molar-refractivity contribution in [2.75, 3.05) is 25.0 Å². The molecule has 0 saturated heterocycles. The lowest BCUT2D eigenvalue weighted by Gasteiger charge is -2.17. The summed E-state index contributed by atoms with van der Waals surface area (Å²) in [4.78, 5) is 23.9. The zero-order chi connectivity index (χ0) is 13.5. The van der Waals surface area contributed by atoms with Crippen molar-refractivity contribution in [1.82, 2.24) is 4.90 Å². The molecule has 0 radical (unpaired) electrons. The number of nitrogens with zero attached hydrogens (tertiary/aromatic N) is 1. The average molecular weight is 250 g/mol. The van der Waals surface area contributed by atoms with Crippen molar-refractivity contribution in [2.45, 2.75) is 13.8 Å². The lowest BCUT2D eigenvalue weighted by molar-refractivity contribution is -0.138. The molecule has 0 unspecified atom stereocenters. The highest BCUT2D eigenvalue weighted by atomic mass is 16.4. The third-order valence-electron chi connectivity index (χ3n) is 2.48. The van der Waals surface area contributed by atoms with Gasteiger partial charge in [0.2, 0.25) is 5.91 Å². The van der Waals surface area contributed by atoms with Crippen molar-refractivity contribution in [1.29, 1.82) is 0 Å². The van der Waals surface area contributed by atoms with E-state index in [0.717, 1.165) is 11.3 Å². The van der Waals surface area contributed by atoms with E-state index < -0.39 is 5.97 Å². The monoisotopic (exact) mass is 250 g/mol. The first-order valence-corrected chi connectivity index (χ1v) is 5.82. The van der Waals surface area contributed by atoms with Crippen LogP contribution in [0.15, 0.2) is 24.3 Å². The van der Waals surface area contributed by atoms with Crippen LogP contribution in [0.25, 0.3) is 0 Å². The van der Waals surface area contributed by atoms with E-state index >= 15 is 0 Å². The Bertz CT molecular complexity index is 432. The molecule has 0 saturated carbocycles. The number of carboxylic acid groups (broad SMARTS) is 1. The Labute approximate surface area is 106 Å². The summed E-state index contributed by atoms with van der Waals surface area (Å²) in [6.45, 7) is 4.24. The van der Waals surface area contributed by atoms with Crippen LogP contribution in [0.4, 0.5) is 5.69 Å². The Morgan fingerprint density at radius 3 is 2.61 bits per heavy atom. The number of anilines is 1. The maximum Gasteiger partial charge on any atom is 0.317 e. The molecule has 0 fully saturated rings. The van der Waals surface area contributed by atoms with Gasteiger partial charge >= 0.3 is 5.97 Å². The van der Waals surface area contributed by atoms with Gasteiger partial charge in [-0.1, -0.05) is 19.1 Å². The summed E-state index contributed by atoms with van der Waals surface area (Å²) < 4.78 is 0. The molecule has 0 aliphatic carbocycles. The zero-order valence-corrected chi connectivity index (χ0v) is 10.6. The molecule has 0 aliphatic rings. The highest BCUT2D eigenvalue weighted by Crippen LogP contribution is 2.09. The van der Waals surface area contributed by atoms with Crippen LogP contribution in [-0.4, -0.2) is 41.5 Å². The van der Waals surface area contributed by atoms with Gasteiger partial charge in [0, 0.05) is 5.69 Å². The van der Waals surface area contributed by atoms with Crippen LogP contribution >= 0.6 is 0 Å². The molecule has 0 aliphatic heterocycles. The molecule has 1 aromatic rings. The molecule has 5 nitrogen and oxygen atoms in total. The number of carbonyl (C=O) groups excluding carboxylic acids is 1. The minimum atomic E-state index is -0.930. The van der Waals surface area contributed by atoms with Gasteiger partial charge in [-0.05, 0) is 31.2 Å². The number of likely N-dealkylation sites (N-methyl/N-ethyl adjacent to an activating group) is 1. The van der Waals surface area contributed by atoms with Crippen molar-refractivity contribution < 1.29 is 14.7 Å². The third-order valence-corrected chi connectivity index (χ3v) is 2.48. The molecule has 1 rings (SSSR count). The van der Waals surface area contributed by atoms with Crippen LogP contribution in [0, 0.1) is 6.92 Å². The smallest absolute Gasteiger partial charge is 0.317 e. The van der Waals surface area contributed by atoms with Crippen LogP contribution in [0.1, 0.15) is 12.5 Å². The molecule has 0 aromatic heterocycles. The lowest BCUT2D eigenvalue weighted by Crippen LogP contribution is -2.36. The fourth-order valence-electron chi connectivity index (χ4n) is 1.60. The number of aliphatic carboxylic acids is 1. The number of aryl methyl sites for hydroxylation is 1. The van der Waals surface area contributed by atoms with Crippen LogP contribution in [0.5, 0.6) is 0 Å². The Morgan fingerprint density at radius 1 is 1.33 bits per heavy atom. The Hall–Kier alpha value is -1.88. The Balaban J connectivity index is 2.52. The maximum absolute atomic E-state index is 11.7. The second-order valence-electron chi connectivity index (χ2n) is 4.11. The molecule has 18 heavy (non-hydrogen) atoms. The van der Waals surface area contributed by atoms with Gasteiger partial charge in [-0.3, -0.25) is 14.5 Å². The van der Waals surface area contributed by atoms with Crippen molar-refractivity contribution >= 4 is 17.6 Å².